The van der Waals surface area contributed by atoms with Crippen molar-refractivity contribution in [1.82, 2.24) is 5.32 Å². The molecule has 0 heterocycles. The van der Waals surface area contributed by atoms with E-state index in [2.05, 4.69) is 42.6 Å². The number of ketones is 1. The molecule has 0 radical (unpaired) electrons. The van der Waals surface area contributed by atoms with Crippen LogP contribution in [0.15, 0.2) is 48.5 Å². The van der Waals surface area contributed by atoms with Crippen LogP contribution in [0.3, 0.4) is 0 Å². The lowest BCUT2D eigenvalue weighted by Gasteiger charge is -2.48. The summed E-state index contributed by atoms with van der Waals surface area (Å²) < 4.78 is 6.08. The third-order valence-electron chi connectivity index (χ3n) is 8.45. The van der Waals surface area contributed by atoms with Crippen molar-refractivity contribution in [2.75, 3.05) is 0 Å². The molecule has 5 rings (SSSR count). The molecule has 2 fully saturated rings. The molecular formula is C29H35NO3. The van der Waals surface area contributed by atoms with Crippen LogP contribution in [0.25, 0.3) is 0 Å². The Kier molecular flexibility index (Phi) is 5.80. The van der Waals surface area contributed by atoms with E-state index in [1.165, 1.54) is 16.7 Å². The molecule has 4 heteroatoms. The molecule has 174 valence electrons. The van der Waals surface area contributed by atoms with Crippen molar-refractivity contribution in [2.24, 2.45) is 23.2 Å². The van der Waals surface area contributed by atoms with E-state index in [9.17, 15) is 9.59 Å². The summed E-state index contributed by atoms with van der Waals surface area (Å²) in [6.45, 7) is 6.62. The molecule has 3 aliphatic rings. The number of aryl methyl sites for hydroxylation is 1. The van der Waals surface area contributed by atoms with Crippen LogP contribution >= 0.6 is 0 Å². The fraction of sp³-hybridized carbons (Fsp3) is 0.517. The number of benzene rings is 2. The van der Waals surface area contributed by atoms with Crippen LogP contribution in [0.5, 0.6) is 5.75 Å². The number of amides is 1. The summed E-state index contributed by atoms with van der Waals surface area (Å²) in [7, 11) is 0. The van der Waals surface area contributed by atoms with Gasteiger partial charge in [0.15, 0.2) is 5.78 Å². The van der Waals surface area contributed by atoms with Crippen molar-refractivity contribution in [1.29, 1.82) is 0 Å². The Balaban J connectivity index is 1.33. The number of carbonyl (C=O) groups excluding carboxylic acids is 2. The molecule has 0 spiro atoms. The van der Waals surface area contributed by atoms with Gasteiger partial charge in [0.25, 0.3) is 0 Å². The first-order chi connectivity index (χ1) is 15.9. The SMILES string of the molecule is CC(C)NC(=O)C1CC2C3CCc4cc(OCc5ccccc5)ccc4C3CC[C@]2(C)C1=O. The maximum atomic E-state index is 13.4. The van der Waals surface area contributed by atoms with E-state index in [0.717, 1.165) is 31.4 Å². The van der Waals surface area contributed by atoms with Gasteiger partial charge in [-0.05, 0) is 92.5 Å². The third kappa shape index (κ3) is 3.98. The predicted octanol–water partition coefficient (Wildman–Crippen LogP) is 5.44. The molecule has 4 unspecified atom stereocenters. The molecule has 0 aromatic heterocycles. The molecular weight excluding hydrogens is 410 g/mol. The van der Waals surface area contributed by atoms with Crippen LogP contribution < -0.4 is 10.1 Å². The fourth-order valence-corrected chi connectivity index (χ4v) is 6.82. The second-order valence-electron chi connectivity index (χ2n) is 10.8. The first-order valence-electron chi connectivity index (χ1n) is 12.5. The van der Waals surface area contributed by atoms with Gasteiger partial charge in [0.1, 0.15) is 12.4 Å². The molecule has 3 aliphatic carbocycles. The Morgan fingerprint density at radius 2 is 1.94 bits per heavy atom. The molecule has 5 atom stereocenters. The Morgan fingerprint density at radius 1 is 1.15 bits per heavy atom. The number of carbonyl (C=O) groups is 2. The van der Waals surface area contributed by atoms with Gasteiger partial charge in [0.05, 0.1) is 5.92 Å². The number of fused-ring (bicyclic) bond motifs is 5. The first-order valence-corrected chi connectivity index (χ1v) is 12.5. The Bertz CT molecular complexity index is 1050. The summed E-state index contributed by atoms with van der Waals surface area (Å²) >= 11 is 0. The van der Waals surface area contributed by atoms with Crippen molar-refractivity contribution in [3.05, 3.63) is 65.2 Å². The topological polar surface area (TPSA) is 55.4 Å². The van der Waals surface area contributed by atoms with Crippen molar-refractivity contribution >= 4 is 11.7 Å². The highest BCUT2D eigenvalue weighted by Crippen LogP contribution is 2.60. The van der Waals surface area contributed by atoms with Gasteiger partial charge >= 0.3 is 0 Å². The van der Waals surface area contributed by atoms with Crippen molar-refractivity contribution in [3.8, 4) is 5.75 Å². The lowest BCUT2D eigenvalue weighted by molar-refractivity contribution is -0.137. The highest BCUT2D eigenvalue weighted by atomic mass is 16.5. The number of nitrogens with one attached hydrogen (secondary N) is 1. The van der Waals surface area contributed by atoms with Crippen LogP contribution in [0, 0.1) is 23.2 Å². The van der Waals surface area contributed by atoms with Gasteiger partial charge in [-0.1, -0.05) is 43.3 Å². The maximum Gasteiger partial charge on any atom is 0.230 e. The average Bonchev–Trinajstić information content (AvgIpc) is 3.08. The Labute approximate surface area is 197 Å². The quantitative estimate of drug-likeness (QED) is 0.624. The number of hydrogen-bond donors (Lipinski definition) is 1. The van der Waals surface area contributed by atoms with E-state index in [4.69, 9.17) is 4.74 Å². The van der Waals surface area contributed by atoms with Crippen LogP contribution in [-0.2, 0) is 22.6 Å². The maximum absolute atomic E-state index is 13.4. The van der Waals surface area contributed by atoms with Crippen LogP contribution in [-0.4, -0.2) is 17.7 Å². The van der Waals surface area contributed by atoms with Gasteiger partial charge in [-0.15, -0.1) is 0 Å². The molecule has 2 saturated carbocycles. The minimum atomic E-state index is -0.476. The highest BCUT2D eigenvalue weighted by molar-refractivity contribution is 6.05. The zero-order chi connectivity index (χ0) is 23.2. The van der Waals surface area contributed by atoms with Gasteiger partial charge in [-0.2, -0.15) is 0 Å². The molecule has 2 aromatic carbocycles. The van der Waals surface area contributed by atoms with Crippen molar-refractivity contribution in [2.45, 2.75) is 71.4 Å². The van der Waals surface area contributed by atoms with E-state index in [0.29, 0.717) is 30.8 Å². The molecule has 4 nitrogen and oxygen atoms in total. The predicted molar refractivity (Wildman–Crippen MR) is 129 cm³/mol. The van der Waals surface area contributed by atoms with E-state index in [1.54, 1.807) is 0 Å². The summed E-state index contributed by atoms with van der Waals surface area (Å²) in [6.07, 6.45) is 4.73. The Hall–Kier alpha value is -2.62. The van der Waals surface area contributed by atoms with E-state index in [-0.39, 0.29) is 23.1 Å². The number of rotatable bonds is 5. The van der Waals surface area contributed by atoms with E-state index in [1.807, 2.05) is 32.0 Å². The Morgan fingerprint density at radius 3 is 2.70 bits per heavy atom. The third-order valence-corrected chi connectivity index (χ3v) is 8.45. The van der Waals surface area contributed by atoms with Gasteiger partial charge in [0, 0.05) is 11.5 Å². The summed E-state index contributed by atoms with van der Waals surface area (Å²) in [4.78, 5) is 26.1. The average molecular weight is 446 g/mol. The van der Waals surface area contributed by atoms with Gasteiger partial charge < -0.3 is 10.1 Å². The standard InChI is InChI=1S/C29H35NO3/c1-18(2)30-28(32)25-16-26-24-11-9-20-15-21(33-17-19-7-5-4-6-8-19)10-12-22(20)23(24)13-14-29(26,3)27(25)31/h4-8,10,12,15,18,23-26H,9,11,13-14,16-17H2,1-3H3,(H,30,32)/t23?,24?,25?,26?,29-/m0/s1. The summed E-state index contributed by atoms with van der Waals surface area (Å²) in [5.41, 5.74) is 3.65. The monoisotopic (exact) mass is 445 g/mol. The summed E-state index contributed by atoms with van der Waals surface area (Å²) in [6, 6.07) is 16.9. The molecule has 2 aromatic rings. The van der Waals surface area contributed by atoms with Crippen molar-refractivity contribution < 1.29 is 14.3 Å². The minimum absolute atomic E-state index is 0.0633. The summed E-state index contributed by atoms with van der Waals surface area (Å²) in [5, 5.41) is 2.99. The minimum Gasteiger partial charge on any atom is -0.489 e. The molecule has 0 saturated heterocycles. The molecule has 33 heavy (non-hydrogen) atoms. The normalized spacial score (nSPS) is 30.4. The summed E-state index contributed by atoms with van der Waals surface area (Å²) in [5.74, 6) is 1.82. The number of ether oxygens (including phenoxy) is 1. The molecule has 1 N–H and O–H groups in total. The lowest BCUT2D eigenvalue weighted by atomic mass is 9.55. The largest absolute Gasteiger partial charge is 0.489 e. The molecule has 1 amide bonds. The number of Topliss-reactive ketones (excluding diaryl/α,β-unsaturated/α-hetero) is 1. The van der Waals surface area contributed by atoms with Crippen LogP contribution in [0.4, 0.5) is 0 Å². The van der Waals surface area contributed by atoms with Crippen LogP contribution in [0.1, 0.15) is 69.1 Å². The second kappa shape index (κ2) is 8.62. The van der Waals surface area contributed by atoms with Crippen molar-refractivity contribution in [3.63, 3.8) is 0 Å². The lowest BCUT2D eigenvalue weighted by Crippen LogP contribution is -2.43. The zero-order valence-corrected chi connectivity index (χ0v) is 20.0. The first kappa shape index (κ1) is 22.2. The number of hydrogen-bond acceptors (Lipinski definition) is 3. The second-order valence-corrected chi connectivity index (χ2v) is 10.8. The smallest absolute Gasteiger partial charge is 0.230 e. The zero-order valence-electron chi connectivity index (χ0n) is 20.0. The van der Waals surface area contributed by atoms with Gasteiger partial charge in [-0.3, -0.25) is 9.59 Å². The van der Waals surface area contributed by atoms with E-state index < -0.39 is 5.92 Å². The van der Waals surface area contributed by atoms with Gasteiger partial charge in [-0.25, -0.2) is 0 Å². The van der Waals surface area contributed by atoms with Crippen LogP contribution in [0.2, 0.25) is 0 Å². The molecule has 0 aliphatic heterocycles. The molecule has 0 bridgehead atoms. The fourth-order valence-electron chi connectivity index (χ4n) is 6.82. The van der Waals surface area contributed by atoms with Gasteiger partial charge in [0.2, 0.25) is 5.91 Å². The van der Waals surface area contributed by atoms with E-state index >= 15 is 0 Å². The highest BCUT2D eigenvalue weighted by Gasteiger charge is 2.59.